The first-order chi connectivity index (χ1) is 11.9. The summed E-state index contributed by atoms with van der Waals surface area (Å²) in [7, 11) is 0. The molecule has 1 saturated heterocycles. The fraction of sp³-hybridized carbons (Fsp3) is 0.895. The van der Waals surface area contributed by atoms with Crippen molar-refractivity contribution in [2.24, 2.45) is 23.7 Å². The Kier molecular flexibility index (Phi) is 4.55. The van der Waals surface area contributed by atoms with Gasteiger partial charge >= 0.3 is 5.97 Å². The van der Waals surface area contributed by atoms with Crippen LogP contribution in [0.15, 0.2) is 0 Å². The number of aliphatic carboxylic acids is 1. The van der Waals surface area contributed by atoms with Crippen LogP contribution >= 0.6 is 12.6 Å². The van der Waals surface area contributed by atoms with Crippen molar-refractivity contribution in [2.75, 3.05) is 12.3 Å². The highest BCUT2D eigenvalue weighted by Crippen LogP contribution is 2.57. The van der Waals surface area contributed by atoms with Crippen LogP contribution in [0.25, 0.3) is 0 Å². The summed E-state index contributed by atoms with van der Waals surface area (Å²) in [5.41, 5.74) is -0.0450. The highest BCUT2D eigenvalue weighted by atomic mass is 32.1. The molecule has 0 aromatic heterocycles. The minimum Gasteiger partial charge on any atom is -0.480 e. The van der Waals surface area contributed by atoms with Crippen LogP contribution in [0.4, 0.5) is 0 Å². The Morgan fingerprint density at radius 3 is 2.20 bits per heavy atom. The van der Waals surface area contributed by atoms with E-state index in [1.807, 2.05) is 6.92 Å². The lowest BCUT2D eigenvalue weighted by molar-refractivity contribution is -0.185. The zero-order valence-corrected chi connectivity index (χ0v) is 15.8. The minimum atomic E-state index is -0.920. The SMILES string of the molecule is CC(CS)C(=O)N1CC(OC23CC4CC(CC(C4)C2)C3)C[C@H]1C(=O)O. The van der Waals surface area contributed by atoms with E-state index in [1.165, 1.54) is 24.2 Å². The maximum absolute atomic E-state index is 12.6. The number of carbonyl (C=O) groups excluding carboxylic acids is 1. The van der Waals surface area contributed by atoms with Crippen molar-refractivity contribution in [1.82, 2.24) is 4.90 Å². The predicted octanol–water partition coefficient (Wildman–Crippen LogP) is 2.59. The van der Waals surface area contributed by atoms with Crippen LogP contribution in [0.1, 0.15) is 51.9 Å². The molecule has 25 heavy (non-hydrogen) atoms. The molecule has 4 bridgehead atoms. The number of likely N-dealkylation sites (tertiary alicyclic amines) is 1. The average Bonchev–Trinajstić information content (AvgIpc) is 2.95. The number of thiol groups is 1. The lowest BCUT2D eigenvalue weighted by atomic mass is 9.54. The molecule has 1 aliphatic heterocycles. The first-order valence-corrected chi connectivity index (χ1v) is 10.3. The van der Waals surface area contributed by atoms with Crippen molar-refractivity contribution in [2.45, 2.75) is 69.6 Å². The van der Waals surface area contributed by atoms with E-state index in [2.05, 4.69) is 12.6 Å². The number of carboxylic acids is 1. The van der Waals surface area contributed by atoms with E-state index < -0.39 is 12.0 Å². The van der Waals surface area contributed by atoms with Gasteiger partial charge < -0.3 is 14.7 Å². The molecule has 1 N–H and O–H groups in total. The number of amides is 1. The normalized spacial score (nSPS) is 43.4. The molecule has 0 aromatic rings. The molecule has 1 amide bonds. The standard InChI is InChI=1S/C19H29NO4S/c1-11(10-25)17(21)20-9-15(5-16(20)18(22)23)24-19-6-12-2-13(7-19)4-14(3-12)8-19/h11-16,25H,2-10H2,1H3,(H,22,23)/t11?,12?,13?,14?,15?,16-,19?/m0/s1. The number of rotatable bonds is 5. The molecule has 5 aliphatic rings. The van der Waals surface area contributed by atoms with E-state index >= 15 is 0 Å². The molecule has 5 rings (SSSR count). The Labute approximate surface area is 154 Å². The lowest BCUT2D eigenvalue weighted by Gasteiger charge is -2.57. The molecule has 4 aliphatic carbocycles. The van der Waals surface area contributed by atoms with Gasteiger partial charge in [0, 0.05) is 24.6 Å². The molecular formula is C19H29NO4S. The maximum Gasteiger partial charge on any atom is 0.326 e. The number of carbonyl (C=O) groups is 2. The summed E-state index contributed by atoms with van der Waals surface area (Å²) in [4.78, 5) is 25.7. The maximum atomic E-state index is 12.6. The Balaban J connectivity index is 1.47. The van der Waals surface area contributed by atoms with Crippen LogP contribution in [0, 0.1) is 23.7 Å². The Morgan fingerprint density at radius 1 is 1.16 bits per heavy atom. The first kappa shape index (κ1) is 17.7. The number of nitrogens with zero attached hydrogens (tertiary/aromatic N) is 1. The Morgan fingerprint density at radius 2 is 1.72 bits per heavy atom. The quantitative estimate of drug-likeness (QED) is 0.733. The molecule has 4 saturated carbocycles. The topological polar surface area (TPSA) is 66.8 Å². The zero-order valence-electron chi connectivity index (χ0n) is 14.9. The van der Waals surface area contributed by atoms with Gasteiger partial charge in [-0.05, 0) is 56.3 Å². The second-order valence-electron chi connectivity index (χ2n) is 9.00. The molecule has 0 aromatic carbocycles. The van der Waals surface area contributed by atoms with Gasteiger partial charge in [0.1, 0.15) is 6.04 Å². The molecule has 140 valence electrons. The Bertz CT molecular complexity index is 530. The third kappa shape index (κ3) is 3.20. The molecular weight excluding hydrogens is 338 g/mol. The monoisotopic (exact) mass is 367 g/mol. The van der Waals surface area contributed by atoms with E-state index in [4.69, 9.17) is 4.74 Å². The van der Waals surface area contributed by atoms with Gasteiger partial charge in [-0.3, -0.25) is 4.79 Å². The highest BCUT2D eigenvalue weighted by molar-refractivity contribution is 7.80. The number of ether oxygens (including phenoxy) is 1. The highest BCUT2D eigenvalue weighted by Gasteiger charge is 2.54. The van der Waals surface area contributed by atoms with Crippen LogP contribution in [-0.4, -0.2) is 51.9 Å². The largest absolute Gasteiger partial charge is 0.480 e. The predicted molar refractivity (Wildman–Crippen MR) is 96.5 cm³/mol. The second kappa shape index (κ2) is 6.45. The summed E-state index contributed by atoms with van der Waals surface area (Å²) >= 11 is 4.19. The van der Waals surface area contributed by atoms with Gasteiger partial charge in [-0.15, -0.1) is 0 Å². The van der Waals surface area contributed by atoms with Crippen molar-refractivity contribution in [1.29, 1.82) is 0 Å². The van der Waals surface area contributed by atoms with Crippen molar-refractivity contribution in [3.63, 3.8) is 0 Å². The van der Waals surface area contributed by atoms with Crippen LogP contribution in [0.3, 0.4) is 0 Å². The lowest BCUT2D eigenvalue weighted by Crippen LogP contribution is -2.53. The van der Waals surface area contributed by atoms with Crippen molar-refractivity contribution >= 4 is 24.5 Å². The fourth-order valence-corrected chi connectivity index (χ4v) is 6.41. The van der Waals surface area contributed by atoms with Gasteiger partial charge in [0.05, 0.1) is 11.7 Å². The minimum absolute atomic E-state index is 0.0450. The first-order valence-electron chi connectivity index (χ1n) is 9.71. The smallest absolute Gasteiger partial charge is 0.326 e. The van der Waals surface area contributed by atoms with Crippen LogP contribution in [-0.2, 0) is 14.3 Å². The van der Waals surface area contributed by atoms with Gasteiger partial charge in [-0.25, -0.2) is 4.79 Å². The molecule has 3 atom stereocenters. The second-order valence-corrected chi connectivity index (χ2v) is 9.37. The summed E-state index contributed by atoms with van der Waals surface area (Å²) in [6.45, 7) is 2.22. The summed E-state index contributed by atoms with van der Waals surface area (Å²) in [5.74, 6) is 1.53. The van der Waals surface area contributed by atoms with E-state index in [0.717, 1.165) is 37.0 Å². The zero-order chi connectivity index (χ0) is 17.8. The van der Waals surface area contributed by atoms with E-state index in [0.29, 0.717) is 18.7 Å². The van der Waals surface area contributed by atoms with Gasteiger partial charge in [0.15, 0.2) is 0 Å². The van der Waals surface area contributed by atoms with Crippen molar-refractivity contribution in [3.05, 3.63) is 0 Å². The molecule has 5 fully saturated rings. The Hall–Kier alpha value is -0.750. The third-order valence-electron chi connectivity index (χ3n) is 6.92. The van der Waals surface area contributed by atoms with Crippen LogP contribution in [0.2, 0.25) is 0 Å². The summed E-state index contributed by atoms with van der Waals surface area (Å²) < 4.78 is 6.61. The summed E-state index contributed by atoms with van der Waals surface area (Å²) in [6.07, 6.45) is 7.74. The van der Waals surface area contributed by atoms with Crippen molar-refractivity contribution < 1.29 is 19.4 Å². The van der Waals surface area contributed by atoms with E-state index in [9.17, 15) is 14.7 Å². The average molecular weight is 368 g/mol. The molecule has 6 heteroatoms. The van der Waals surface area contributed by atoms with E-state index in [1.54, 1.807) is 0 Å². The van der Waals surface area contributed by atoms with E-state index in [-0.39, 0.29) is 23.5 Å². The van der Waals surface area contributed by atoms with Crippen molar-refractivity contribution in [3.8, 4) is 0 Å². The fourth-order valence-electron chi connectivity index (χ4n) is 6.25. The molecule has 0 spiro atoms. The van der Waals surface area contributed by atoms with Gasteiger partial charge in [0.25, 0.3) is 0 Å². The van der Waals surface area contributed by atoms with Crippen LogP contribution in [0.5, 0.6) is 0 Å². The van der Waals surface area contributed by atoms with Gasteiger partial charge in [-0.2, -0.15) is 12.6 Å². The number of hydrogen-bond acceptors (Lipinski definition) is 4. The van der Waals surface area contributed by atoms with Gasteiger partial charge in [-0.1, -0.05) is 6.92 Å². The molecule has 5 nitrogen and oxygen atoms in total. The number of carboxylic acid groups (broad SMARTS) is 1. The summed E-state index contributed by atoms with van der Waals surface area (Å²) in [5, 5.41) is 9.57. The van der Waals surface area contributed by atoms with Gasteiger partial charge in [0.2, 0.25) is 5.91 Å². The summed E-state index contributed by atoms with van der Waals surface area (Å²) in [6, 6.07) is -0.756. The van der Waals surface area contributed by atoms with Crippen LogP contribution < -0.4 is 0 Å². The molecule has 2 unspecified atom stereocenters. The third-order valence-corrected chi connectivity index (χ3v) is 7.47. The number of hydrogen-bond donors (Lipinski definition) is 2. The molecule has 1 heterocycles. The molecule has 0 radical (unpaired) electrons.